The Hall–Kier alpha value is -3.84. The van der Waals surface area contributed by atoms with Crippen LogP contribution in [0.3, 0.4) is 0 Å². The molecule has 3 aromatic rings. The minimum absolute atomic E-state index is 0.0800. The van der Waals surface area contributed by atoms with E-state index in [1.54, 1.807) is 24.3 Å². The van der Waals surface area contributed by atoms with Crippen LogP contribution in [0.2, 0.25) is 0 Å². The number of ether oxygens (including phenoxy) is 2. The summed E-state index contributed by atoms with van der Waals surface area (Å²) in [6.45, 7) is 3.34. The molecule has 7 nitrogen and oxygen atoms in total. The second-order valence-electron chi connectivity index (χ2n) is 8.56. The van der Waals surface area contributed by atoms with Gasteiger partial charge in [-0.15, -0.1) is 0 Å². The number of nitrogens with one attached hydrogen (secondary N) is 3. The highest BCUT2D eigenvalue weighted by molar-refractivity contribution is 5.98. The molecule has 2 amide bonds. The number of benzene rings is 3. The highest BCUT2D eigenvalue weighted by Crippen LogP contribution is 2.20. The first-order valence-corrected chi connectivity index (χ1v) is 11.9. The summed E-state index contributed by atoms with van der Waals surface area (Å²) in [5, 5.41) is 8.94. The molecule has 0 bridgehead atoms. The summed E-state index contributed by atoms with van der Waals surface area (Å²) >= 11 is 0. The van der Waals surface area contributed by atoms with E-state index in [-0.39, 0.29) is 30.5 Å². The largest absolute Gasteiger partial charge is 0.491 e. The van der Waals surface area contributed by atoms with Gasteiger partial charge >= 0.3 is 0 Å². The Bertz CT molecular complexity index is 1130. The van der Waals surface area contributed by atoms with Crippen LogP contribution in [0.1, 0.15) is 41.7 Å². The topological polar surface area (TPSA) is 88.7 Å². The average molecular weight is 474 g/mol. The van der Waals surface area contributed by atoms with Crippen LogP contribution in [0.15, 0.2) is 78.9 Å². The van der Waals surface area contributed by atoms with Gasteiger partial charge in [-0.05, 0) is 55.7 Å². The summed E-state index contributed by atoms with van der Waals surface area (Å²) in [5.41, 5.74) is 2.85. The van der Waals surface area contributed by atoms with Crippen LogP contribution in [-0.4, -0.2) is 37.7 Å². The zero-order valence-corrected chi connectivity index (χ0v) is 19.8. The van der Waals surface area contributed by atoms with E-state index >= 15 is 0 Å². The number of anilines is 2. The fraction of sp³-hybridized carbons (Fsp3) is 0.286. The molecular formula is C28H31N3O4. The lowest BCUT2D eigenvalue weighted by atomic mass is 10.1. The van der Waals surface area contributed by atoms with Crippen molar-refractivity contribution < 1.29 is 19.1 Å². The molecule has 3 aromatic carbocycles. The predicted octanol–water partition coefficient (Wildman–Crippen LogP) is 4.79. The molecule has 1 fully saturated rings. The van der Waals surface area contributed by atoms with Gasteiger partial charge in [0.05, 0.1) is 18.7 Å². The maximum Gasteiger partial charge on any atom is 0.251 e. The van der Waals surface area contributed by atoms with Crippen LogP contribution in [0.5, 0.6) is 5.75 Å². The molecular weight excluding hydrogens is 442 g/mol. The first-order chi connectivity index (χ1) is 17.1. The summed E-state index contributed by atoms with van der Waals surface area (Å²) in [6.07, 6.45) is 2.25. The van der Waals surface area contributed by atoms with E-state index < -0.39 is 0 Å². The van der Waals surface area contributed by atoms with Gasteiger partial charge in [0.25, 0.3) is 5.91 Å². The number of hydrogen-bond acceptors (Lipinski definition) is 5. The maximum absolute atomic E-state index is 12.7. The first kappa shape index (κ1) is 24.3. The molecule has 1 heterocycles. The van der Waals surface area contributed by atoms with Gasteiger partial charge in [-0.1, -0.05) is 42.5 Å². The first-order valence-electron chi connectivity index (χ1n) is 11.9. The van der Waals surface area contributed by atoms with Crippen molar-refractivity contribution in [3.63, 3.8) is 0 Å². The fourth-order valence-corrected chi connectivity index (χ4v) is 3.89. The lowest BCUT2D eigenvalue weighted by Gasteiger charge is -2.15. The molecule has 0 radical (unpaired) electrons. The Balaban J connectivity index is 1.26. The Morgan fingerprint density at radius 2 is 1.80 bits per heavy atom. The third-order valence-electron chi connectivity index (χ3n) is 5.80. The Kier molecular flexibility index (Phi) is 8.35. The van der Waals surface area contributed by atoms with Crippen molar-refractivity contribution in [1.82, 2.24) is 5.32 Å². The molecule has 35 heavy (non-hydrogen) atoms. The lowest BCUT2D eigenvalue weighted by molar-refractivity contribution is -0.114. The van der Waals surface area contributed by atoms with Crippen molar-refractivity contribution in [3.8, 4) is 5.75 Å². The zero-order valence-electron chi connectivity index (χ0n) is 19.8. The second kappa shape index (κ2) is 12.0. The summed E-state index contributed by atoms with van der Waals surface area (Å²) in [7, 11) is 0. The third-order valence-corrected chi connectivity index (χ3v) is 5.80. The normalized spacial score (nSPS) is 15.7. The molecule has 0 spiro atoms. The fourth-order valence-electron chi connectivity index (χ4n) is 3.89. The van der Waals surface area contributed by atoms with Gasteiger partial charge in [-0.25, -0.2) is 0 Å². The van der Waals surface area contributed by atoms with E-state index in [4.69, 9.17) is 9.47 Å². The van der Waals surface area contributed by atoms with Crippen LogP contribution in [0.25, 0.3) is 0 Å². The van der Waals surface area contributed by atoms with Gasteiger partial charge in [0.1, 0.15) is 12.4 Å². The van der Waals surface area contributed by atoms with Gasteiger partial charge in [-0.2, -0.15) is 0 Å². The highest BCUT2D eigenvalue weighted by atomic mass is 16.5. The van der Waals surface area contributed by atoms with Crippen molar-refractivity contribution in [2.45, 2.75) is 31.9 Å². The number of rotatable bonds is 10. The predicted molar refractivity (Wildman–Crippen MR) is 137 cm³/mol. The van der Waals surface area contributed by atoms with Crippen molar-refractivity contribution in [1.29, 1.82) is 0 Å². The number of amides is 2. The van der Waals surface area contributed by atoms with E-state index in [1.165, 1.54) is 0 Å². The molecule has 3 N–H and O–H groups in total. The van der Waals surface area contributed by atoms with Crippen molar-refractivity contribution in [3.05, 3.63) is 90.0 Å². The van der Waals surface area contributed by atoms with Crippen LogP contribution >= 0.6 is 0 Å². The van der Waals surface area contributed by atoms with E-state index in [0.717, 1.165) is 36.4 Å². The molecule has 0 aliphatic carbocycles. The Morgan fingerprint density at radius 1 is 1.00 bits per heavy atom. The van der Waals surface area contributed by atoms with Crippen LogP contribution in [0, 0.1) is 0 Å². The van der Waals surface area contributed by atoms with E-state index in [1.807, 2.05) is 61.5 Å². The standard InChI is InChI=1S/C28H31N3O4/c1-20(21-8-3-2-4-9-21)30-28(33)22-10-5-12-24(16-22)31-27(32)18-29-23-11-6-13-25(17-23)35-19-26-14-7-15-34-26/h2-6,8-13,16-17,20,26,29H,7,14-15,18-19H2,1H3,(H,30,33)(H,31,32). The Morgan fingerprint density at radius 3 is 2.60 bits per heavy atom. The Labute approximate surface area is 205 Å². The molecule has 4 rings (SSSR count). The van der Waals surface area contributed by atoms with Gasteiger partial charge in [0.15, 0.2) is 0 Å². The molecule has 182 valence electrons. The van der Waals surface area contributed by atoms with Crippen LogP contribution < -0.4 is 20.7 Å². The summed E-state index contributed by atoms with van der Waals surface area (Å²) < 4.78 is 11.4. The van der Waals surface area contributed by atoms with Crippen molar-refractivity contribution in [2.24, 2.45) is 0 Å². The molecule has 7 heteroatoms. The smallest absolute Gasteiger partial charge is 0.251 e. The van der Waals surface area contributed by atoms with Gasteiger partial charge in [0, 0.05) is 29.6 Å². The minimum atomic E-state index is -0.217. The monoisotopic (exact) mass is 473 g/mol. The van der Waals surface area contributed by atoms with E-state index in [0.29, 0.717) is 17.9 Å². The second-order valence-corrected chi connectivity index (χ2v) is 8.56. The summed E-state index contributed by atoms with van der Waals surface area (Å²) in [4.78, 5) is 25.2. The van der Waals surface area contributed by atoms with Crippen molar-refractivity contribution in [2.75, 3.05) is 30.4 Å². The number of carbonyl (C=O) groups is 2. The van der Waals surface area contributed by atoms with Gasteiger partial charge < -0.3 is 25.4 Å². The van der Waals surface area contributed by atoms with Crippen molar-refractivity contribution >= 4 is 23.2 Å². The third kappa shape index (κ3) is 7.32. The zero-order chi connectivity index (χ0) is 24.5. The molecule has 0 aromatic heterocycles. The summed E-state index contributed by atoms with van der Waals surface area (Å²) in [5.74, 6) is 0.315. The molecule has 2 atom stereocenters. The lowest BCUT2D eigenvalue weighted by Crippen LogP contribution is -2.27. The molecule has 0 saturated carbocycles. The SMILES string of the molecule is CC(NC(=O)c1cccc(NC(=O)CNc2cccc(OCC3CCCO3)c2)c1)c1ccccc1. The highest BCUT2D eigenvalue weighted by Gasteiger charge is 2.16. The van der Waals surface area contributed by atoms with E-state index in [2.05, 4.69) is 16.0 Å². The molecule has 1 aliphatic heterocycles. The average Bonchev–Trinajstić information content (AvgIpc) is 3.41. The summed E-state index contributed by atoms with van der Waals surface area (Å²) in [6, 6.07) is 24.1. The van der Waals surface area contributed by atoms with E-state index in [9.17, 15) is 9.59 Å². The van der Waals surface area contributed by atoms with Gasteiger partial charge in [-0.3, -0.25) is 9.59 Å². The molecule has 1 aliphatic rings. The quantitative estimate of drug-likeness (QED) is 0.394. The van der Waals surface area contributed by atoms with Gasteiger partial charge in [0.2, 0.25) is 5.91 Å². The van der Waals surface area contributed by atoms with Crippen LogP contribution in [0.4, 0.5) is 11.4 Å². The number of hydrogen-bond donors (Lipinski definition) is 3. The maximum atomic E-state index is 12.7. The minimum Gasteiger partial charge on any atom is -0.491 e. The molecule has 1 saturated heterocycles. The molecule has 2 unspecified atom stereocenters. The number of carbonyl (C=O) groups excluding carboxylic acids is 2. The van der Waals surface area contributed by atoms with Crippen LogP contribution in [-0.2, 0) is 9.53 Å².